The van der Waals surface area contributed by atoms with Crippen LogP contribution in [0.15, 0.2) is 36.5 Å². The number of hydrogen-bond donors (Lipinski definition) is 0. The van der Waals surface area contributed by atoms with Gasteiger partial charge in [0.1, 0.15) is 19.8 Å². The quantitative estimate of drug-likeness (QED) is 0.0196. The summed E-state index contributed by atoms with van der Waals surface area (Å²) in [5, 5.41) is 0. The highest BCUT2D eigenvalue weighted by Gasteiger charge is 2.21. The Morgan fingerprint density at radius 2 is 0.933 bits per heavy atom. The van der Waals surface area contributed by atoms with Crippen LogP contribution in [0.2, 0.25) is 0 Å². The Kier molecular flexibility index (Phi) is 41.3. The summed E-state index contributed by atoms with van der Waals surface area (Å²) in [7, 11) is 1.16. The average molecular weight is 868 g/mol. The summed E-state index contributed by atoms with van der Waals surface area (Å²) in [4.78, 5) is 37.6. The third kappa shape index (κ3) is 45.7. The molecule has 0 aromatic carbocycles. The molecular formula is C50H94NO8P. The van der Waals surface area contributed by atoms with Gasteiger partial charge < -0.3 is 27.9 Å². The molecule has 9 nitrogen and oxygen atoms in total. The van der Waals surface area contributed by atoms with Crippen LogP contribution in [0.5, 0.6) is 0 Å². The lowest BCUT2D eigenvalue weighted by molar-refractivity contribution is -0.870. The predicted molar refractivity (Wildman–Crippen MR) is 250 cm³/mol. The SMILES string of the molecule is CCC/C=C\C/C=C\CCCCCCCC(=O)OC(COC(=O)CCCCCCCCCCCCC/C=C\CCCCCCCCCC)COP(=O)([O-])OCC[N+](C)(C)C. The Labute approximate surface area is 370 Å². The molecule has 0 aromatic heterocycles. The molecule has 0 aliphatic heterocycles. The Balaban J connectivity index is 4.20. The largest absolute Gasteiger partial charge is 0.756 e. The Hall–Kier alpha value is -1.77. The summed E-state index contributed by atoms with van der Waals surface area (Å²) in [5.41, 5.74) is 0. The van der Waals surface area contributed by atoms with E-state index in [1.54, 1.807) is 0 Å². The van der Waals surface area contributed by atoms with Crippen molar-refractivity contribution < 1.29 is 42.1 Å². The van der Waals surface area contributed by atoms with E-state index in [4.69, 9.17) is 18.5 Å². The number of hydrogen-bond acceptors (Lipinski definition) is 8. The minimum atomic E-state index is -4.63. The Morgan fingerprint density at radius 3 is 1.40 bits per heavy atom. The van der Waals surface area contributed by atoms with Crippen LogP contribution in [0.1, 0.15) is 219 Å². The fourth-order valence-corrected chi connectivity index (χ4v) is 7.48. The van der Waals surface area contributed by atoms with Crippen LogP contribution in [0.3, 0.4) is 0 Å². The lowest BCUT2D eigenvalue weighted by Gasteiger charge is -2.28. The molecule has 0 rings (SSSR count). The van der Waals surface area contributed by atoms with Crippen LogP contribution in [-0.4, -0.2) is 70.0 Å². The van der Waals surface area contributed by atoms with E-state index in [1.165, 1.54) is 122 Å². The van der Waals surface area contributed by atoms with Crippen molar-refractivity contribution >= 4 is 19.8 Å². The lowest BCUT2D eigenvalue weighted by atomic mass is 10.0. The maximum Gasteiger partial charge on any atom is 0.306 e. The van der Waals surface area contributed by atoms with Gasteiger partial charge in [-0.3, -0.25) is 14.2 Å². The molecule has 0 saturated carbocycles. The number of esters is 2. The molecule has 0 spiro atoms. The van der Waals surface area contributed by atoms with E-state index >= 15 is 0 Å². The molecule has 2 atom stereocenters. The van der Waals surface area contributed by atoms with Crippen LogP contribution in [-0.2, 0) is 32.7 Å². The van der Waals surface area contributed by atoms with Gasteiger partial charge in [-0.2, -0.15) is 0 Å². The van der Waals surface area contributed by atoms with E-state index in [9.17, 15) is 19.0 Å². The number of carbonyl (C=O) groups excluding carboxylic acids is 2. The number of quaternary nitrogens is 1. The van der Waals surface area contributed by atoms with E-state index in [2.05, 4.69) is 50.3 Å². The van der Waals surface area contributed by atoms with E-state index in [0.29, 0.717) is 17.4 Å². The first-order chi connectivity index (χ1) is 29.0. The van der Waals surface area contributed by atoms with Crippen LogP contribution in [0.25, 0.3) is 0 Å². The second-order valence-corrected chi connectivity index (χ2v) is 19.2. The van der Waals surface area contributed by atoms with Crippen molar-refractivity contribution in [3.8, 4) is 0 Å². The summed E-state index contributed by atoms with van der Waals surface area (Å²) < 4.78 is 34.0. The highest BCUT2D eigenvalue weighted by molar-refractivity contribution is 7.45. The van der Waals surface area contributed by atoms with Crippen molar-refractivity contribution in [2.75, 3.05) is 47.5 Å². The standard InChI is InChI=1S/C50H94NO8P/c1-6-8-10-12-14-16-18-20-21-22-23-24-25-26-27-28-29-31-32-34-36-38-40-42-49(52)56-46-48(47-58-60(54,55)57-45-44-51(3,4)5)59-50(53)43-41-39-37-35-33-30-19-17-15-13-11-9-7-2/h11,13,17,19,22-23,48H,6-10,12,14-16,18,20-21,24-47H2,1-5H3/b13-11-,19-17-,23-22-. The highest BCUT2D eigenvalue weighted by Crippen LogP contribution is 2.38. The fourth-order valence-electron chi connectivity index (χ4n) is 6.75. The van der Waals surface area contributed by atoms with E-state index in [0.717, 1.165) is 64.2 Å². The van der Waals surface area contributed by atoms with Crippen molar-refractivity contribution in [2.24, 2.45) is 0 Å². The highest BCUT2D eigenvalue weighted by atomic mass is 31.2. The van der Waals surface area contributed by atoms with E-state index in [1.807, 2.05) is 21.1 Å². The van der Waals surface area contributed by atoms with Crippen molar-refractivity contribution in [2.45, 2.75) is 225 Å². The van der Waals surface area contributed by atoms with Gasteiger partial charge in [-0.05, 0) is 64.2 Å². The Bertz CT molecular complexity index is 1120. The molecule has 0 fully saturated rings. The van der Waals surface area contributed by atoms with Crippen molar-refractivity contribution in [1.82, 2.24) is 0 Å². The maximum absolute atomic E-state index is 12.7. The number of likely N-dealkylation sites (N-methyl/N-ethyl adjacent to an activating group) is 1. The smallest absolute Gasteiger partial charge is 0.306 e. The Morgan fingerprint density at radius 1 is 0.517 bits per heavy atom. The first kappa shape index (κ1) is 58.2. The average Bonchev–Trinajstić information content (AvgIpc) is 3.20. The number of ether oxygens (including phenoxy) is 2. The molecule has 60 heavy (non-hydrogen) atoms. The molecule has 10 heteroatoms. The molecule has 0 bridgehead atoms. The van der Waals surface area contributed by atoms with Crippen LogP contribution in [0.4, 0.5) is 0 Å². The molecule has 0 amide bonds. The summed E-state index contributed by atoms with van der Waals surface area (Å²) in [6.07, 6.45) is 48.9. The first-order valence-corrected chi connectivity index (χ1v) is 26.2. The normalized spacial score (nSPS) is 13.8. The van der Waals surface area contributed by atoms with Crippen molar-refractivity contribution in [3.05, 3.63) is 36.5 Å². The van der Waals surface area contributed by atoms with E-state index < -0.39 is 26.5 Å². The molecular weight excluding hydrogens is 774 g/mol. The lowest BCUT2D eigenvalue weighted by Crippen LogP contribution is -2.37. The second kappa shape index (κ2) is 42.5. The summed E-state index contributed by atoms with van der Waals surface area (Å²) in [5.74, 6) is -0.847. The minimum absolute atomic E-state index is 0.0336. The minimum Gasteiger partial charge on any atom is -0.756 e. The zero-order valence-electron chi connectivity index (χ0n) is 39.7. The molecule has 0 heterocycles. The number of nitrogens with zero attached hydrogens (tertiary/aromatic N) is 1. The van der Waals surface area contributed by atoms with Gasteiger partial charge in [-0.25, -0.2) is 0 Å². The molecule has 352 valence electrons. The van der Waals surface area contributed by atoms with Gasteiger partial charge in [-0.15, -0.1) is 0 Å². The van der Waals surface area contributed by atoms with E-state index in [-0.39, 0.29) is 32.0 Å². The predicted octanol–water partition coefficient (Wildman–Crippen LogP) is 13.8. The molecule has 0 aliphatic carbocycles. The van der Waals surface area contributed by atoms with Crippen LogP contribution >= 0.6 is 7.82 Å². The van der Waals surface area contributed by atoms with Gasteiger partial charge >= 0.3 is 11.9 Å². The van der Waals surface area contributed by atoms with Crippen LogP contribution < -0.4 is 4.89 Å². The monoisotopic (exact) mass is 868 g/mol. The first-order valence-electron chi connectivity index (χ1n) is 24.7. The summed E-state index contributed by atoms with van der Waals surface area (Å²) >= 11 is 0. The van der Waals surface area contributed by atoms with Crippen molar-refractivity contribution in [3.63, 3.8) is 0 Å². The number of phosphoric acid groups is 1. The number of carbonyl (C=O) groups is 2. The van der Waals surface area contributed by atoms with Gasteiger partial charge in [0.2, 0.25) is 0 Å². The van der Waals surface area contributed by atoms with Gasteiger partial charge in [0, 0.05) is 12.8 Å². The van der Waals surface area contributed by atoms with Crippen molar-refractivity contribution in [1.29, 1.82) is 0 Å². The number of phosphoric ester groups is 1. The number of unbranched alkanes of at least 4 members (excludes halogenated alkanes) is 25. The topological polar surface area (TPSA) is 111 Å². The molecule has 0 N–H and O–H groups in total. The second-order valence-electron chi connectivity index (χ2n) is 17.8. The number of allylic oxidation sites excluding steroid dienone is 6. The molecule has 2 unspecified atom stereocenters. The third-order valence-corrected chi connectivity index (χ3v) is 11.6. The summed E-state index contributed by atoms with van der Waals surface area (Å²) in [6.45, 7) is 4.16. The van der Waals surface area contributed by atoms with Gasteiger partial charge in [0.15, 0.2) is 6.10 Å². The van der Waals surface area contributed by atoms with Crippen LogP contribution in [0, 0.1) is 0 Å². The maximum atomic E-state index is 12.7. The fraction of sp³-hybridized carbons (Fsp3) is 0.840. The molecule has 0 radical (unpaired) electrons. The molecule has 0 aliphatic rings. The third-order valence-electron chi connectivity index (χ3n) is 10.6. The van der Waals surface area contributed by atoms with Gasteiger partial charge in [0.05, 0.1) is 27.7 Å². The van der Waals surface area contributed by atoms with Gasteiger partial charge in [0.25, 0.3) is 7.82 Å². The summed E-state index contributed by atoms with van der Waals surface area (Å²) in [6, 6.07) is 0. The molecule has 0 aromatic rings. The molecule has 0 saturated heterocycles. The number of rotatable bonds is 45. The van der Waals surface area contributed by atoms with Gasteiger partial charge in [-0.1, -0.05) is 179 Å². The zero-order chi connectivity index (χ0) is 44.3. The zero-order valence-corrected chi connectivity index (χ0v) is 40.6.